The van der Waals surface area contributed by atoms with E-state index >= 15 is 0 Å². The van der Waals surface area contributed by atoms with Crippen molar-refractivity contribution in [3.8, 4) is 5.06 Å². The fraction of sp³-hybridized carbons (Fsp3) is 0.500. The van der Waals surface area contributed by atoms with Gasteiger partial charge in [-0.1, -0.05) is 6.92 Å². The highest BCUT2D eigenvalue weighted by Crippen LogP contribution is 2.25. The second-order valence-electron chi connectivity index (χ2n) is 2.22. The zero-order valence-electron chi connectivity index (χ0n) is 6.67. The molecule has 0 unspecified atom stereocenters. The maximum absolute atomic E-state index is 5.41. The van der Waals surface area contributed by atoms with Crippen LogP contribution >= 0.6 is 11.3 Å². The van der Waals surface area contributed by atoms with Gasteiger partial charge in [0.2, 0.25) is 0 Å². The van der Waals surface area contributed by atoms with Gasteiger partial charge >= 0.3 is 0 Å². The molecule has 0 aliphatic rings. The third-order valence-electron chi connectivity index (χ3n) is 1.44. The van der Waals surface area contributed by atoms with E-state index in [2.05, 4.69) is 13.0 Å². The molecule has 2 N–H and O–H groups in total. The predicted molar refractivity (Wildman–Crippen MR) is 48.2 cm³/mol. The van der Waals surface area contributed by atoms with Crippen LogP contribution in [0.2, 0.25) is 0 Å². The molecule has 1 aromatic heterocycles. The van der Waals surface area contributed by atoms with Gasteiger partial charge in [0.05, 0.1) is 0 Å². The average Bonchev–Trinajstić information content (AvgIpc) is 2.47. The number of nitrogens with two attached hydrogens (primary N) is 1. The van der Waals surface area contributed by atoms with E-state index in [1.807, 2.05) is 5.38 Å². The fourth-order valence-electron chi connectivity index (χ4n) is 0.862. The van der Waals surface area contributed by atoms with Crippen molar-refractivity contribution >= 4 is 11.3 Å². The van der Waals surface area contributed by atoms with E-state index in [4.69, 9.17) is 10.5 Å². The van der Waals surface area contributed by atoms with Gasteiger partial charge in [0.1, 0.15) is 6.61 Å². The second-order valence-corrected chi connectivity index (χ2v) is 3.10. The zero-order valence-corrected chi connectivity index (χ0v) is 7.49. The van der Waals surface area contributed by atoms with Gasteiger partial charge in [-0.25, -0.2) is 0 Å². The lowest BCUT2D eigenvalue weighted by molar-refractivity contribution is 0.335. The van der Waals surface area contributed by atoms with Crippen LogP contribution in [0.25, 0.3) is 0 Å². The minimum atomic E-state index is 0.584. The van der Waals surface area contributed by atoms with Crippen LogP contribution < -0.4 is 10.5 Å². The van der Waals surface area contributed by atoms with Crippen molar-refractivity contribution in [2.24, 2.45) is 5.73 Å². The lowest BCUT2D eigenvalue weighted by atomic mass is 10.3. The molecule has 0 bridgehead atoms. The van der Waals surface area contributed by atoms with E-state index in [1.165, 1.54) is 5.56 Å². The Balaban J connectivity index is 2.54. The molecule has 1 rings (SSSR count). The lowest BCUT2D eigenvalue weighted by Gasteiger charge is -2.02. The van der Waals surface area contributed by atoms with Crippen LogP contribution in [0.1, 0.15) is 12.5 Å². The van der Waals surface area contributed by atoms with E-state index in [9.17, 15) is 0 Å². The SMILES string of the molecule is CCc1ccsc1OCCN. The standard InChI is InChI=1S/C8H13NOS/c1-2-7-3-6-11-8(7)10-5-4-9/h3,6H,2,4-5,9H2,1H3. The van der Waals surface area contributed by atoms with Crippen LogP contribution in [0.15, 0.2) is 11.4 Å². The first-order chi connectivity index (χ1) is 5.38. The number of thiophene rings is 1. The molecule has 1 heterocycles. The quantitative estimate of drug-likeness (QED) is 0.747. The van der Waals surface area contributed by atoms with Crippen LogP contribution in [0.5, 0.6) is 5.06 Å². The van der Waals surface area contributed by atoms with Gasteiger partial charge in [0, 0.05) is 12.1 Å². The van der Waals surface area contributed by atoms with Gasteiger partial charge in [-0.3, -0.25) is 0 Å². The maximum Gasteiger partial charge on any atom is 0.176 e. The Morgan fingerprint density at radius 3 is 3.09 bits per heavy atom. The minimum absolute atomic E-state index is 0.584. The van der Waals surface area contributed by atoms with Crippen molar-refractivity contribution in [3.63, 3.8) is 0 Å². The first-order valence-corrected chi connectivity index (χ1v) is 4.65. The largest absolute Gasteiger partial charge is 0.482 e. The van der Waals surface area contributed by atoms with Gasteiger partial charge in [0.15, 0.2) is 5.06 Å². The minimum Gasteiger partial charge on any atom is -0.482 e. The molecular weight excluding hydrogens is 158 g/mol. The van der Waals surface area contributed by atoms with Crippen molar-refractivity contribution in [1.29, 1.82) is 0 Å². The molecule has 11 heavy (non-hydrogen) atoms. The summed E-state index contributed by atoms with van der Waals surface area (Å²) in [5, 5.41) is 3.07. The highest BCUT2D eigenvalue weighted by atomic mass is 32.1. The third kappa shape index (κ3) is 2.20. The summed E-state index contributed by atoms with van der Waals surface area (Å²) in [7, 11) is 0. The summed E-state index contributed by atoms with van der Waals surface area (Å²) in [5.74, 6) is 0. The molecule has 62 valence electrons. The molecule has 0 saturated heterocycles. The molecule has 0 fully saturated rings. The molecule has 0 spiro atoms. The van der Waals surface area contributed by atoms with Crippen LogP contribution in [0.3, 0.4) is 0 Å². The molecule has 3 heteroatoms. The Bertz CT molecular complexity index is 210. The molecular formula is C8H13NOS. The molecule has 0 amide bonds. The van der Waals surface area contributed by atoms with Crippen molar-refractivity contribution in [1.82, 2.24) is 0 Å². The van der Waals surface area contributed by atoms with Crippen LogP contribution in [-0.4, -0.2) is 13.2 Å². The summed E-state index contributed by atoms with van der Waals surface area (Å²) in [6.07, 6.45) is 1.03. The van der Waals surface area contributed by atoms with Crippen molar-refractivity contribution in [2.75, 3.05) is 13.2 Å². The van der Waals surface area contributed by atoms with Crippen LogP contribution in [0.4, 0.5) is 0 Å². The smallest absolute Gasteiger partial charge is 0.176 e. The lowest BCUT2D eigenvalue weighted by Crippen LogP contribution is -2.10. The van der Waals surface area contributed by atoms with Gasteiger partial charge in [-0.15, -0.1) is 11.3 Å². The summed E-state index contributed by atoms with van der Waals surface area (Å²) < 4.78 is 5.41. The predicted octanol–water partition coefficient (Wildman–Crippen LogP) is 1.65. The molecule has 0 aliphatic carbocycles. The monoisotopic (exact) mass is 171 g/mol. The van der Waals surface area contributed by atoms with Crippen molar-refractivity contribution in [2.45, 2.75) is 13.3 Å². The van der Waals surface area contributed by atoms with Crippen LogP contribution in [-0.2, 0) is 6.42 Å². The Morgan fingerprint density at radius 1 is 1.64 bits per heavy atom. The first-order valence-electron chi connectivity index (χ1n) is 3.77. The summed E-state index contributed by atoms with van der Waals surface area (Å²) in [5.41, 5.74) is 6.60. The fourth-order valence-corrected chi connectivity index (χ4v) is 1.73. The summed E-state index contributed by atoms with van der Waals surface area (Å²) in [6.45, 7) is 3.33. The Hall–Kier alpha value is -0.540. The van der Waals surface area contributed by atoms with Gasteiger partial charge in [-0.05, 0) is 17.9 Å². The summed E-state index contributed by atoms with van der Waals surface area (Å²) in [6, 6.07) is 2.09. The molecule has 1 aromatic rings. The maximum atomic E-state index is 5.41. The van der Waals surface area contributed by atoms with Gasteiger partial charge < -0.3 is 10.5 Å². The number of hydrogen-bond donors (Lipinski definition) is 1. The van der Waals surface area contributed by atoms with Gasteiger partial charge in [-0.2, -0.15) is 0 Å². The average molecular weight is 171 g/mol. The number of rotatable bonds is 4. The summed E-state index contributed by atoms with van der Waals surface area (Å²) in [4.78, 5) is 0. The molecule has 0 saturated carbocycles. The highest BCUT2D eigenvalue weighted by molar-refractivity contribution is 7.12. The third-order valence-corrected chi connectivity index (χ3v) is 2.30. The molecule has 0 aromatic carbocycles. The van der Waals surface area contributed by atoms with Gasteiger partial charge in [0.25, 0.3) is 0 Å². The van der Waals surface area contributed by atoms with E-state index in [0.717, 1.165) is 11.5 Å². The van der Waals surface area contributed by atoms with Crippen molar-refractivity contribution in [3.05, 3.63) is 17.0 Å². The Morgan fingerprint density at radius 2 is 2.45 bits per heavy atom. The molecule has 0 atom stereocenters. The Kier molecular flexibility index (Phi) is 3.39. The number of hydrogen-bond acceptors (Lipinski definition) is 3. The normalized spacial score (nSPS) is 10.0. The van der Waals surface area contributed by atoms with E-state index in [-0.39, 0.29) is 0 Å². The van der Waals surface area contributed by atoms with Crippen LogP contribution in [0, 0.1) is 0 Å². The molecule has 2 nitrogen and oxygen atoms in total. The number of aryl methyl sites for hydroxylation is 1. The second kappa shape index (κ2) is 4.36. The first kappa shape index (κ1) is 8.56. The highest BCUT2D eigenvalue weighted by Gasteiger charge is 2.01. The van der Waals surface area contributed by atoms with E-state index in [1.54, 1.807) is 11.3 Å². The Labute approximate surface area is 71.0 Å². The number of ether oxygens (including phenoxy) is 1. The molecule has 0 aliphatic heterocycles. The van der Waals surface area contributed by atoms with E-state index < -0.39 is 0 Å². The molecule has 0 radical (unpaired) electrons. The van der Waals surface area contributed by atoms with E-state index in [0.29, 0.717) is 13.2 Å². The van der Waals surface area contributed by atoms with Crippen molar-refractivity contribution < 1.29 is 4.74 Å². The topological polar surface area (TPSA) is 35.2 Å². The zero-order chi connectivity index (χ0) is 8.10. The summed E-state index contributed by atoms with van der Waals surface area (Å²) >= 11 is 1.64.